The highest BCUT2D eigenvalue weighted by molar-refractivity contribution is 5.85. The minimum absolute atomic E-state index is 0.401. The zero-order chi connectivity index (χ0) is 18.7. The second-order valence-electron chi connectivity index (χ2n) is 7.26. The van der Waals surface area contributed by atoms with Crippen LogP contribution in [0.15, 0.2) is 18.2 Å². The molecule has 1 aromatic heterocycles. The molecule has 0 spiro atoms. The van der Waals surface area contributed by atoms with Crippen molar-refractivity contribution < 1.29 is 9.53 Å². The minimum Gasteiger partial charge on any atom is -0.408 e. The number of imidazole rings is 1. The van der Waals surface area contributed by atoms with Crippen molar-refractivity contribution in [3.63, 3.8) is 0 Å². The lowest BCUT2D eigenvalue weighted by Gasteiger charge is -2.17. The number of rotatable bonds is 7. The first-order chi connectivity index (χ1) is 12.5. The van der Waals surface area contributed by atoms with E-state index in [1.165, 1.54) is 6.42 Å². The second kappa shape index (κ2) is 8.05. The number of nitrogens with zero attached hydrogens (tertiary/aromatic N) is 4. The number of aromatic nitrogens is 2. The second-order valence-corrected chi connectivity index (χ2v) is 7.26. The first-order valence-electron chi connectivity index (χ1n) is 9.33. The van der Waals surface area contributed by atoms with E-state index in [9.17, 15) is 4.79 Å². The van der Waals surface area contributed by atoms with Crippen molar-refractivity contribution in [2.24, 2.45) is 5.73 Å². The SMILES string of the molecule is CCCN1CCC(c2nc3c(OC(N)=O)cccc3n2CCN(C)C)C1. The Morgan fingerprint density at radius 2 is 2.19 bits per heavy atom. The van der Waals surface area contributed by atoms with E-state index in [1.807, 2.05) is 12.1 Å². The van der Waals surface area contributed by atoms with Crippen LogP contribution < -0.4 is 10.5 Å². The Morgan fingerprint density at radius 1 is 1.38 bits per heavy atom. The number of ether oxygens (including phenoxy) is 1. The van der Waals surface area contributed by atoms with Gasteiger partial charge in [-0.05, 0) is 52.2 Å². The van der Waals surface area contributed by atoms with Crippen molar-refractivity contribution in [1.29, 1.82) is 0 Å². The van der Waals surface area contributed by atoms with Crippen molar-refractivity contribution in [2.75, 3.05) is 40.3 Å². The number of primary amides is 1. The molecule has 7 heteroatoms. The lowest BCUT2D eigenvalue weighted by atomic mass is 10.1. The fourth-order valence-corrected chi connectivity index (χ4v) is 3.74. The maximum absolute atomic E-state index is 11.2. The summed E-state index contributed by atoms with van der Waals surface area (Å²) in [5.74, 6) is 1.92. The van der Waals surface area contributed by atoms with Crippen molar-refractivity contribution in [2.45, 2.75) is 32.2 Å². The Balaban J connectivity index is 1.99. The molecule has 1 aliphatic heterocycles. The topological polar surface area (TPSA) is 76.6 Å². The average Bonchev–Trinajstić information content (AvgIpc) is 3.17. The number of hydrogen-bond acceptors (Lipinski definition) is 5. The van der Waals surface area contributed by atoms with Gasteiger partial charge in [0.25, 0.3) is 0 Å². The average molecular weight is 359 g/mol. The molecule has 2 N–H and O–H groups in total. The summed E-state index contributed by atoms with van der Waals surface area (Å²) in [6, 6.07) is 5.67. The molecule has 2 aromatic rings. The Morgan fingerprint density at radius 3 is 2.88 bits per heavy atom. The van der Waals surface area contributed by atoms with Gasteiger partial charge in [-0.3, -0.25) is 0 Å². The van der Waals surface area contributed by atoms with E-state index in [-0.39, 0.29) is 0 Å². The number of para-hydroxylation sites is 1. The number of amides is 1. The smallest absolute Gasteiger partial charge is 0.408 e. The summed E-state index contributed by atoms with van der Waals surface area (Å²) in [5.41, 5.74) is 6.93. The standard InChI is InChI=1S/C19H29N5O2/c1-4-9-23-10-8-14(13-23)18-21-17-15(24(18)12-11-22(2)3)6-5-7-16(17)26-19(20)25/h5-7,14H,4,8-13H2,1-3H3,(H2,20,25). The molecule has 1 amide bonds. The van der Waals surface area contributed by atoms with Crippen molar-refractivity contribution in [1.82, 2.24) is 19.4 Å². The van der Waals surface area contributed by atoms with Gasteiger partial charge in [-0.25, -0.2) is 9.78 Å². The maximum Gasteiger partial charge on any atom is 0.410 e. The van der Waals surface area contributed by atoms with E-state index in [1.54, 1.807) is 6.07 Å². The molecular formula is C19H29N5O2. The van der Waals surface area contributed by atoms with Gasteiger partial charge in [0.05, 0.1) is 5.52 Å². The van der Waals surface area contributed by atoms with Crippen LogP contribution in [-0.4, -0.2) is 65.7 Å². The van der Waals surface area contributed by atoms with Crippen LogP contribution in [-0.2, 0) is 6.54 Å². The molecule has 2 heterocycles. The van der Waals surface area contributed by atoms with E-state index < -0.39 is 6.09 Å². The first-order valence-corrected chi connectivity index (χ1v) is 9.33. The van der Waals surface area contributed by atoms with Crippen LogP contribution in [0.2, 0.25) is 0 Å². The normalized spacial score (nSPS) is 18.1. The molecule has 7 nitrogen and oxygen atoms in total. The van der Waals surface area contributed by atoms with Crippen molar-refractivity contribution >= 4 is 17.1 Å². The third-order valence-electron chi connectivity index (χ3n) is 4.93. The number of hydrogen-bond donors (Lipinski definition) is 1. The van der Waals surface area contributed by atoms with Gasteiger partial charge in [-0.15, -0.1) is 0 Å². The maximum atomic E-state index is 11.2. The van der Waals surface area contributed by atoms with Crippen molar-refractivity contribution in [3.8, 4) is 5.75 Å². The molecular weight excluding hydrogens is 330 g/mol. The Labute approximate surface area is 154 Å². The van der Waals surface area contributed by atoms with Crippen molar-refractivity contribution in [3.05, 3.63) is 24.0 Å². The molecule has 1 saturated heterocycles. The van der Waals surface area contributed by atoms with Gasteiger partial charge in [0.2, 0.25) is 0 Å². The molecule has 0 radical (unpaired) electrons. The number of carbonyl (C=O) groups excluding carboxylic acids is 1. The molecule has 0 saturated carbocycles. The third-order valence-corrected chi connectivity index (χ3v) is 4.93. The van der Waals surface area contributed by atoms with E-state index in [0.29, 0.717) is 17.2 Å². The zero-order valence-corrected chi connectivity index (χ0v) is 15.9. The summed E-state index contributed by atoms with van der Waals surface area (Å²) in [6.45, 7) is 7.26. The Hall–Kier alpha value is -2.12. The van der Waals surface area contributed by atoms with Crippen LogP contribution in [0.4, 0.5) is 4.79 Å². The van der Waals surface area contributed by atoms with Gasteiger partial charge in [0, 0.05) is 25.6 Å². The number of likely N-dealkylation sites (N-methyl/N-ethyl adjacent to an activating group) is 1. The predicted octanol–water partition coefficient (Wildman–Crippen LogP) is 2.25. The molecule has 1 fully saturated rings. The fourth-order valence-electron chi connectivity index (χ4n) is 3.74. The lowest BCUT2D eigenvalue weighted by molar-refractivity contribution is 0.211. The number of likely N-dealkylation sites (tertiary alicyclic amines) is 1. The number of carbonyl (C=O) groups is 1. The monoisotopic (exact) mass is 359 g/mol. The summed E-state index contributed by atoms with van der Waals surface area (Å²) in [6.07, 6.45) is 1.47. The summed E-state index contributed by atoms with van der Waals surface area (Å²) >= 11 is 0. The van der Waals surface area contributed by atoms with Crippen LogP contribution in [0.5, 0.6) is 5.75 Å². The molecule has 1 unspecified atom stereocenters. The quantitative estimate of drug-likeness (QED) is 0.820. The molecule has 0 aliphatic carbocycles. The molecule has 26 heavy (non-hydrogen) atoms. The Kier molecular flexibility index (Phi) is 5.78. The van der Waals surface area contributed by atoms with Crippen LogP contribution in [0, 0.1) is 0 Å². The highest BCUT2D eigenvalue weighted by atomic mass is 16.5. The van der Waals surface area contributed by atoms with Gasteiger partial charge in [-0.1, -0.05) is 13.0 Å². The number of nitrogens with two attached hydrogens (primary N) is 1. The molecule has 142 valence electrons. The summed E-state index contributed by atoms with van der Waals surface area (Å²) in [4.78, 5) is 20.8. The molecule has 1 aliphatic rings. The van der Waals surface area contributed by atoms with Gasteiger partial charge in [0.15, 0.2) is 5.75 Å². The van der Waals surface area contributed by atoms with Crippen LogP contribution in [0.25, 0.3) is 11.0 Å². The van der Waals surface area contributed by atoms with E-state index in [0.717, 1.165) is 50.5 Å². The van der Waals surface area contributed by atoms with E-state index in [4.69, 9.17) is 15.5 Å². The van der Waals surface area contributed by atoms with Gasteiger partial charge in [0.1, 0.15) is 11.3 Å². The highest BCUT2D eigenvalue weighted by Crippen LogP contribution is 2.33. The third kappa shape index (κ3) is 3.99. The van der Waals surface area contributed by atoms with Crippen LogP contribution in [0.1, 0.15) is 31.5 Å². The van der Waals surface area contributed by atoms with E-state index >= 15 is 0 Å². The summed E-state index contributed by atoms with van der Waals surface area (Å²) in [7, 11) is 4.14. The summed E-state index contributed by atoms with van der Waals surface area (Å²) in [5, 5.41) is 0. The number of benzene rings is 1. The van der Waals surface area contributed by atoms with Gasteiger partial charge < -0.3 is 24.8 Å². The van der Waals surface area contributed by atoms with Gasteiger partial charge >= 0.3 is 6.09 Å². The van der Waals surface area contributed by atoms with Crippen LogP contribution >= 0.6 is 0 Å². The Bertz CT molecular complexity index is 771. The molecule has 1 atom stereocenters. The molecule has 0 bridgehead atoms. The fraction of sp³-hybridized carbons (Fsp3) is 0.579. The minimum atomic E-state index is -0.808. The van der Waals surface area contributed by atoms with Crippen LogP contribution in [0.3, 0.4) is 0 Å². The highest BCUT2D eigenvalue weighted by Gasteiger charge is 2.28. The number of fused-ring (bicyclic) bond motifs is 1. The van der Waals surface area contributed by atoms with E-state index in [2.05, 4.69) is 35.4 Å². The molecule has 3 rings (SSSR count). The largest absolute Gasteiger partial charge is 0.410 e. The zero-order valence-electron chi connectivity index (χ0n) is 15.9. The predicted molar refractivity (Wildman–Crippen MR) is 103 cm³/mol. The molecule has 1 aromatic carbocycles. The van der Waals surface area contributed by atoms with Gasteiger partial charge in [-0.2, -0.15) is 0 Å². The first kappa shape index (κ1) is 18.7. The summed E-state index contributed by atoms with van der Waals surface area (Å²) < 4.78 is 7.47. The lowest BCUT2D eigenvalue weighted by Crippen LogP contribution is -2.23.